The van der Waals surface area contributed by atoms with Crippen molar-refractivity contribution < 1.29 is 18.9 Å². The van der Waals surface area contributed by atoms with Crippen molar-refractivity contribution in [3.63, 3.8) is 0 Å². The molecule has 1 unspecified atom stereocenters. The SMILES string of the molecule is CC(C)c1cc(-c2ccc(C(=O)O)cc2)cc(C(C)C)c1CC(=O)NS(=O)c1ccc(CN(C)C)cc1. The van der Waals surface area contributed by atoms with Crippen molar-refractivity contribution in [3.8, 4) is 11.1 Å². The van der Waals surface area contributed by atoms with Gasteiger partial charge in [-0.3, -0.25) is 9.52 Å². The van der Waals surface area contributed by atoms with E-state index in [4.69, 9.17) is 0 Å². The molecule has 0 radical (unpaired) electrons. The van der Waals surface area contributed by atoms with Crippen LogP contribution >= 0.6 is 0 Å². The molecule has 0 aliphatic carbocycles. The standard InChI is InChI=1S/C30H36N2O4S/c1-19(2)26-15-24(22-9-11-23(12-10-22)30(34)35)16-27(20(3)4)28(26)17-29(33)31-37(36)25-13-7-21(8-14-25)18-32(5)6/h7-16,19-20H,17-18H2,1-6H3,(H,31,33)(H,34,35). The highest BCUT2D eigenvalue weighted by molar-refractivity contribution is 7.83. The summed E-state index contributed by atoms with van der Waals surface area (Å²) in [6.07, 6.45) is 0.129. The van der Waals surface area contributed by atoms with E-state index in [1.165, 1.54) is 0 Å². The number of rotatable bonds is 10. The molecule has 0 aliphatic heterocycles. The van der Waals surface area contributed by atoms with Crippen molar-refractivity contribution in [1.82, 2.24) is 9.62 Å². The number of benzene rings is 3. The first-order valence-electron chi connectivity index (χ1n) is 12.4. The van der Waals surface area contributed by atoms with Crippen LogP contribution < -0.4 is 4.72 Å². The summed E-state index contributed by atoms with van der Waals surface area (Å²) in [6.45, 7) is 9.14. The summed E-state index contributed by atoms with van der Waals surface area (Å²) in [5, 5.41) is 9.22. The van der Waals surface area contributed by atoms with Crippen LogP contribution in [-0.2, 0) is 28.7 Å². The molecule has 0 aromatic heterocycles. The van der Waals surface area contributed by atoms with Gasteiger partial charge in [-0.25, -0.2) is 9.00 Å². The van der Waals surface area contributed by atoms with Gasteiger partial charge in [0.15, 0.2) is 11.0 Å². The third kappa shape index (κ3) is 7.37. The van der Waals surface area contributed by atoms with E-state index >= 15 is 0 Å². The number of hydrogen-bond acceptors (Lipinski definition) is 4. The molecule has 1 atom stereocenters. The topological polar surface area (TPSA) is 86.7 Å². The molecule has 0 aliphatic rings. The Morgan fingerprint density at radius 1 is 0.865 bits per heavy atom. The van der Waals surface area contributed by atoms with Gasteiger partial charge in [0.2, 0.25) is 5.91 Å². The number of amides is 1. The summed E-state index contributed by atoms with van der Waals surface area (Å²) in [4.78, 5) is 26.9. The van der Waals surface area contributed by atoms with E-state index in [2.05, 4.69) is 49.4 Å². The highest BCUT2D eigenvalue weighted by Crippen LogP contribution is 2.34. The van der Waals surface area contributed by atoms with Crippen molar-refractivity contribution in [1.29, 1.82) is 0 Å². The van der Waals surface area contributed by atoms with Crippen LogP contribution in [0.2, 0.25) is 0 Å². The van der Waals surface area contributed by atoms with Crippen LogP contribution in [0.15, 0.2) is 65.6 Å². The van der Waals surface area contributed by atoms with Crippen molar-refractivity contribution in [2.24, 2.45) is 0 Å². The molecule has 0 saturated heterocycles. The summed E-state index contributed by atoms with van der Waals surface area (Å²) in [7, 11) is 2.34. The number of carboxylic acid groups (broad SMARTS) is 1. The number of carbonyl (C=O) groups is 2. The Hall–Kier alpha value is -3.29. The Labute approximate surface area is 222 Å². The van der Waals surface area contributed by atoms with Gasteiger partial charge in [-0.2, -0.15) is 0 Å². The lowest BCUT2D eigenvalue weighted by molar-refractivity contribution is -0.118. The zero-order valence-corrected chi connectivity index (χ0v) is 23.2. The van der Waals surface area contributed by atoms with Gasteiger partial charge in [-0.05, 0) is 83.6 Å². The first-order valence-corrected chi connectivity index (χ1v) is 13.6. The monoisotopic (exact) mass is 520 g/mol. The second kappa shape index (κ2) is 12.3. The number of nitrogens with zero attached hydrogens (tertiary/aromatic N) is 1. The van der Waals surface area contributed by atoms with E-state index in [0.717, 1.165) is 39.9 Å². The van der Waals surface area contributed by atoms with Gasteiger partial charge >= 0.3 is 5.97 Å². The fourth-order valence-corrected chi connectivity index (χ4v) is 5.15. The van der Waals surface area contributed by atoms with E-state index in [0.29, 0.717) is 4.90 Å². The maximum absolute atomic E-state index is 13.0. The Morgan fingerprint density at radius 2 is 1.41 bits per heavy atom. The fourth-order valence-electron chi connectivity index (χ4n) is 4.37. The normalized spacial score (nSPS) is 12.2. The van der Waals surface area contributed by atoms with E-state index in [1.54, 1.807) is 24.3 Å². The molecule has 196 valence electrons. The predicted molar refractivity (Wildman–Crippen MR) is 149 cm³/mol. The quantitative estimate of drug-likeness (QED) is 0.356. The molecule has 2 N–H and O–H groups in total. The van der Waals surface area contributed by atoms with Gasteiger partial charge in [0, 0.05) is 6.54 Å². The minimum atomic E-state index is -1.64. The number of aromatic carboxylic acids is 1. The minimum Gasteiger partial charge on any atom is -0.478 e. The molecular weight excluding hydrogens is 484 g/mol. The second-order valence-corrected chi connectivity index (χ2v) is 11.4. The molecule has 0 saturated carbocycles. The van der Waals surface area contributed by atoms with Crippen LogP contribution in [0.5, 0.6) is 0 Å². The van der Waals surface area contributed by atoms with Crippen molar-refractivity contribution in [2.45, 2.75) is 57.4 Å². The molecule has 3 aromatic carbocycles. The number of carboxylic acids is 1. The summed E-state index contributed by atoms with van der Waals surface area (Å²) < 4.78 is 15.5. The summed E-state index contributed by atoms with van der Waals surface area (Å²) in [5.74, 6) is -0.930. The molecule has 7 heteroatoms. The number of hydrogen-bond donors (Lipinski definition) is 2. The molecule has 0 fully saturated rings. The zero-order valence-electron chi connectivity index (χ0n) is 22.4. The first-order chi connectivity index (χ1) is 17.5. The molecule has 3 aromatic rings. The third-order valence-electron chi connectivity index (χ3n) is 6.21. The van der Waals surface area contributed by atoms with Crippen LogP contribution in [0.25, 0.3) is 11.1 Å². The molecule has 37 heavy (non-hydrogen) atoms. The van der Waals surface area contributed by atoms with Gasteiger partial charge in [0.1, 0.15) is 0 Å². The van der Waals surface area contributed by atoms with Gasteiger partial charge < -0.3 is 10.0 Å². The van der Waals surface area contributed by atoms with Gasteiger partial charge in [0.05, 0.1) is 16.9 Å². The maximum atomic E-state index is 13.0. The Morgan fingerprint density at radius 3 is 1.86 bits per heavy atom. The van der Waals surface area contributed by atoms with Gasteiger partial charge in [0.25, 0.3) is 0 Å². The lowest BCUT2D eigenvalue weighted by Crippen LogP contribution is -2.28. The molecule has 3 rings (SSSR count). The van der Waals surface area contributed by atoms with Crippen LogP contribution in [0.3, 0.4) is 0 Å². The highest BCUT2D eigenvalue weighted by atomic mass is 32.2. The van der Waals surface area contributed by atoms with Gasteiger partial charge in [-0.1, -0.05) is 64.1 Å². The van der Waals surface area contributed by atoms with E-state index in [-0.39, 0.29) is 29.7 Å². The predicted octanol–water partition coefficient (Wildman–Crippen LogP) is 5.74. The van der Waals surface area contributed by atoms with Crippen LogP contribution in [0, 0.1) is 0 Å². The zero-order chi connectivity index (χ0) is 27.3. The van der Waals surface area contributed by atoms with Crippen molar-refractivity contribution in [3.05, 3.63) is 88.5 Å². The lowest BCUT2D eigenvalue weighted by atomic mass is 9.84. The van der Waals surface area contributed by atoms with Crippen molar-refractivity contribution >= 4 is 22.9 Å². The maximum Gasteiger partial charge on any atom is 0.335 e. The van der Waals surface area contributed by atoms with Gasteiger partial charge in [-0.15, -0.1) is 0 Å². The van der Waals surface area contributed by atoms with Crippen LogP contribution in [-0.4, -0.2) is 40.2 Å². The van der Waals surface area contributed by atoms with Crippen molar-refractivity contribution in [2.75, 3.05) is 14.1 Å². The third-order valence-corrected chi connectivity index (χ3v) is 7.32. The van der Waals surface area contributed by atoms with E-state index < -0.39 is 17.0 Å². The Balaban J connectivity index is 1.87. The molecule has 6 nitrogen and oxygen atoms in total. The smallest absolute Gasteiger partial charge is 0.335 e. The molecule has 0 spiro atoms. The Bertz CT molecular complexity index is 1250. The molecule has 1 amide bonds. The summed E-state index contributed by atoms with van der Waals surface area (Å²) in [5.41, 5.74) is 6.31. The highest BCUT2D eigenvalue weighted by Gasteiger charge is 2.20. The minimum absolute atomic E-state index is 0.129. The average Bonchev–Trinajstić information content (AvgIpc) is 2.83. The molecular formula is C30H36N2O4S. The largest absolute Gasteiger partial charge is 0.478 e. The summed E-state index contributed by atoms with van der Waals surface area (Å²) in [6, 6.07) is 18.4. The second-order valence-electron chi connectivity index (χ2n) is 10.2. The fraction of sp³-hybridized carbons (Fsp3) is 0.333. The van der Waals surface area contributed by atoms with Crippen LogP contribution in [0.1, 0.15) is 72.1 Å². The van der Waals surface area contributed by atoms with Crippen LogP contribution in [0.4, 0.5) is 0 Å². The molecule has 0 heterocycles. The average molecular weight is 521 g/mol. The van der Waals surface area contributed by atoms with E-state index in [1.807, 2.05) is 38.4 Å². The lowest BCUT2D eigenvalue weighted by Gasteiger charge is -2.22. The Kier molecular flexibility index (Phi) is 9.40. The summed E-state index contributed by atoms with van der Waals surface area (Å²) >= 11 is 0. The number of nitrogens with one attached hydrogen (secondary N) is 1. The number of carbonyl (C=O) groups excluding carboxylic acids is 1. The molecule has 0 bridgehead atoms. The first kappa shape index (κ1) is 28.3. The van der Waals surface area contributed by atoms with E-state index in [9.17, 15) is 18.9 Å².